The van der Waals surface area contributed by atoms with E-state index in [0.29, 0.717) is 5.57 Å². The monoisotopic (exact) mass is 280 g/mol. The molecule has 6 heteroatoms. The minimum atomic E-state index is -0.663. The van der Waals surface area contributed by atoms with Crippen LogP contribution in [0.25, 0.3) is 0 Å². The molecule has 0 amide bonds. The van der Waals surface area contributed by atoms with Crippen molar-refractivity contribution in [2.45, 2.75) is 13.0 Å². The predicted molar refractivity (Wildman–Crippen MR) is 67.3 cm³/mol. The normalized spacial score (nSPS) is 31.8. The lowest BCUT2D eigenvalue weighted by Crippen LogP contribution is -2.37. The van der Waals surface area contributed by atoms with Crippen molar-refractivity contribution in [2.75, 3.05) is 14.2 Å². The van der Waals surface area contributed by atoms with Crippen LogP contribution in [0.1, 0.15) is 6.92 Å². The summed E-state index contributed by atoms with van der Waals surface area (Å²) in [5, 5.41) is 0. The molecule has 2 rings (SSSR count). The van der Waals surface area contributed by atoms with Gasteiger partial charge in [-0.05, 0) is 6.92 Å². The van der Waals surface area contributed by atoms with Crippen LogP contribution in [0.3, 0.4) is 0 Å². The highest BCUT2D eigenvalue weighted by Crippen LogP contribution is 2.41. The molecule has 0 aromatic rings. The Morgan fingerprint density at radius 3 is 2.55 bits per heavy atom. The standard InChI is InChI=1S/C14H16O6/c1-7(6-10(15)18-2)8-4-5-9-11(14(17)19-3)12(8)20-13(9)16/h4-6,8-9,11-12H,1-3H3/b7-6+/t8-,9-,11-,12+/m1/s1. The summed E-state index contributed by atoms with van der Waals surface area (Å²) in [5.41, 5.74) is 0.667. The summed E-state index contributed by atoms with van der Waals surface area (Å²) in [6, 6.07) is 0. The molecule has 4 atom stereocenters. The van der Waals surface area contributed by atoms with Gasteiger partial charge in [-0.3, -0.25) is 9.59 Å². The van der Waals surface area contributed by atoms with Gasteiger partial charge in [0.1, 0.15) is 12.0 Å². The van der Waals surface area contributed by atoms with Gasteiger partial charge in [-0.25, -0.2) is 4.79 Å². The molecule has 20 heavy (non-hydrogen) atoms. The van der Waals surface area contributed by atoms with E-state index in [2.05, 4.69) is 4.74 Å². The molecule has 0 radical (unpaired) electrons. The molecule has 2 aliphatic rings. The molecule has 6 nitrogen and oxygen atoms in total. The van der Waals surface area contributed by atoms with Gasteiger partial charge in [0.2, 0.25) is 0 Å². The Hall–Kier alpha value is -2.11. The molecule has 0 aromatic heterocycles. The number of methoxy groups -OCH3 is 2. The summed E-state index contributed by atoms with van der Waals surface area (Å²) < 4.78 is 14.6. The van der Waals surface area contributed by atoms with E-state index in [1.807, 2.05) is 0 Å². The minimum absolute atomic E-state index is 0.332. The molecule has 1 aliphatic carbocycles. The Labute approximate surface area is 116 Å². The molecule has 0 aromatic carbocycles. The van der Waals surface area contributed by atoms with Crippen molar-refractivity contribution in [1.29, 1.82) is 0 Å². The maximum Gasteiger partial charge on any atom is 0.330 e. The molecule has 108 valence electrons. The second-order valence-electron chi connectivity index (χ2n) is 4.80. The van der Waals surface area contributed by atoms with Crippen molar-refractivity contribution in [3.63, 3.8) is 0 Å². The fourth-order valence-corrected chi connectivity index (χ4v) is 2.65. The lowest BCUT2D eigenvalue weighted by Gasteiger charge is -2.27. The van der Waals surface area contributed by atoms with Gasteiger partial charge in [-0.1, -0.05) is 17.7 Å². The maximum absolute atomic E-state index is 11.8. The smallest absolute Gasteiger partial charge is 0.330 e. The molecule has 1 saturated heterocycles. The van der Waals surface area contributed by atoms with Crippen molar-refractivity contribution >= 4 is 17.9 Å². The number of rotatable bonds is 3. The third-order valence-corrected chi connectivity index (χ3v) is 3.69. The van der Waals surface area contributed by atoms with Crippen LogP contribution in [0.4, 0.5) is 0 Å². The number of fused-ring (bicyclic) bond motifs is 2. The number of carbonyl (C=O) groups is 3. The van der Waals surface area contributed by atoms with Gasteiger partial charge in [0.15, 0.2) is 0 Å². The van der Waals surface area contributed by atoms with Crippen molar-refractivity contribution in [3.05, 3.63) is 23.8 Å². The second kappa shape index (κ2) is 5.48. The fourth-order valence-electron chi connectivity index (χ4n) is 2.65. The van der Waals surface area contributed by atoms with Gasteiger partial charge >= 0.3 is 17.9 Å². The maximum atomic E-state index is 11.8. The second-order valence-corrected chi connectivity index (χ2v) is 4.80. The van der Waals surface area contributed by atoms with Crippen molar-refractivity contribution < 1.29 is 28.6 Å². The first-order chi connectivity index (χ1) is 9.49. The van der Waals surface area contributed by atoms with E-state index in [0.717, 1.165) is 0 Å². The van der Waals surface area contributed by atoms with Crippen LogP contribution in [0.2, 0.25) is 0 Å². The van der Waals surface area contributed by atoms with E-state index in [9.17, 15) is 14.4 Å². The number of hydrogen-bond acceptors (Lipinski definition) is 6. The van der Waals surface area contributed by atoms with Crippen LogP contribution in [-0.2, 0) is 28.6 Å². The first kappa shape index (κ1) is 14.3. The number of esters is 3. The molecule has 0 spiro atoms. The van der Waals surface area contributed by atoms with Crippen molar-refractivity contribution in [3.8, 4) is 0 Å². The van der Waals surface area contributed by atoms with Crippen LogP contribution < -0.4 is 0 Å². The van der Waals surface area contributed by atoms with Crippen LogP contribution in [0, 0.1) is 17.8 Å². The Balaban J connectivity index is 2.30. The van der Waals surface area contributed by atoms with Gasteiger partial charge in [0.25, 0.3) is 0 Å². The van der Waals surface area contributed by atoms with Crippen LogP contribution in [-0.4, -0.2) is 38.2 Å². The highest BCUT2D eigenvalue weighted by Gasteiger charge is 2.53. The largest absolute Gasteiger partial charge is 0.469 e. The summed E-state index contributed by atoms with van der Waals surface area (Å²) >= 11 is 0. The van der Waals surface area contributed by atoms with Gasteiger partial charge in [0.05, 0.1) is 20.1 Å². The average Bonchev–Trinajstić information content (AvgIpc) is 2.66. The topological polar surface area (TPSA) is 78.9 Å². The fraction of sp³-hybridized carbons (Fsp3) is 0.500. The lowest BCUT2D eigenvalue weighted by molar-refractivity contribution is -0.148. The van der Waals surface area contributed by atoms with E-state index < -0.39 is 35.8 Å². The molecule has 0 N–H and O–H groups in total. The third kappa shape index (κ3) is 2.33. The Morgan fingerprint density at radius 2 is 1.95 bits per heavy atom. The summed E-state index contributed by atoms with van der Waals surface area (Å²) in [5.74, 6) is -3.00. The zero-order valence-corrected chi connectivity index (χ0v) is 11.5. The van der Waals surface area contributed by atoms with Gasteiger partial charge in [0, 0.05) is 12.0 Å². The van der Waals surface area contributed by atoms with Crippen LogP contribution in [0.5, 0.6) is 0 Å². The molecule has 1 aliphatic heterocycles. The summed E-state index contributed by atoms with van der Waals surface area (Å²) in [4.78, 5) is 34.8. The molecule has 1 heterocycles. The first-order valence-corrected chi connectivity index (χ1v) is 6.22. The molecule has 1 fully saturated rings. The Morgan fingerprint density at radius 1 is 1.25 bits per heavy atom. The van der Waals surface area contributed by atoms with Crippen molar-refractivity contribution in [1.82, 2.24) is 0 Å². The molecule has 0 unspecified atom stereocenters. The SMILES string of the molecule is COC(=O)/C=C(\C)[C@H]1C=C[C@H]2C(=O)O[C@@H]1[C@@H]2C(=O)OC. The van der Waals surface area contributed by atoms with Gasteiger partial charge < -0.3 is 14.2 Å². The van der Waals surface area contributed by atoms with Gasteiger partial charge in [-0.15, -0.1) is 0 Å². The number of hydrogen-bond donors (Lipinski definition) is 0. The lowest BCUT2D eigenvalue weighted by atomic mass is 9.76. The van der Waals surface area contributed by atoms with Crippen LogP contribution >= 0.6 is 0 Å². The molecule has 2 bridgehead atoms. The number of carbonyl (C=O) groups excluding carboxylic acids is 3. The van der Waals surface area contributed by atoms with Crippen molar-refractivity contribution in [2.24, 2.45) is 17.8 Å². The minimum Gasteiger partial charge on any atom is -0.469 e. The Bertz CT molecular complexity index is 504. The zero-order valence-electron chi connectivity index (χ0n) is 11.5. The number of ether oxygens (including phenoxy) is 3. The highest BCUT2D eigenvalue weighted by molar-refractivity contribution is 5.88. The van der Waals surface area contributed by atoms with E-state index >= 15 is 0 Å². The average molecular weight is 280 g/mol. The van der Waals surface area contributed by atoms with E-state index in [4.69, 9.17) is 9.47 Å². The Kier molecular flexibility index (Phi) is 3.92. The van der Waals surface area contributed by atoms with E-state index in [1.54, 1.807) is 19.1 Å². The predicted octanol–water partition coefficient (Wildman–Crippen LogP) is 0.622. The van der Waals surface area contributed by atoms with E-state index in [1.165, 1.54) is 20.3 Å². The van der Waals surface area contributed by atoms with Crippen LogP contribution in [0.15, 0.2) is 23.8 Å². The molecular weight excluding hydrogens is 264 g/mol. The first-order valence-electron chi connectivity index (χ1n) is 6.22. The third-order valence-electron chi connectivity index (χ3n) is 3.69. The zero-order chi connectivity index (χ0) is 14.9. The summed E-state index contributed by atoms with van der Waals surface area (Å²) in [6.45, 7) is 1.73. The summed E-state index contributed by atoms with van der Waals surface area (Å²) in [6.07, 6.45) is 4.13. The quantitative estimate of drug-likeness (QED) is 0.326. The van der Waals surface area contributed by atoms with E-state index in [-0.39, 0.29) is 5.92 Å². The van der Waals surface area contributed by atoms with Gasteiger partial charge in [-0.2, -0.15) is 0 Å². The highest BCUT2D eigenvalue weighted by atomic mass is 16.6. The molecular formula is C14H16O6. The summed E-state index contributed by atoms with van der Waals surface area (Å²) in [7, 11) is 2.56. The molecule has 0 saturated carbocycles.